The van der Waals surface area contributed by atoms with Gasteiger partial charge in [0.05, 0.1) is 6.61 Å². The lowest BCUT2D eigenvalue weighted by molar-refractivity contribution is 0.293. The predicted octanol–water partition coefficient (Wildman–Crippen LogP) is 3.18. The summed E-state index contributed by atoms with van der Waals surface area (Å²) in [5.41, 5.74) is 4.39. The summed E-state index contributed by atoms with van der Waals surface area (Å²) in [6.07, 6.45) is 9.55. The van der Waals surface area contributed by atoms with Crippen molar-refractivity contribution in [2.75, 3.05) is 6.61 Å². The molecule has 0 spiro atoms. The molecular weight excluding hydrogens is 236 g/mol. The fraction of sp³-hybridized carbons (Fsp3) is 0.500. The second kappa shape index (κ2) is 7.97. The van der Waals surface area contributed by atoms with Crippen LogP contribution in [-0.2, 0) is 0 Å². The maximum Gasteiger partial charge on any atom is 0.119 e. The van der Waals surface area contributed by atoms with E-state index in [1.807, 2.05) is 30.3 Å². The van der Waals surface area contributed by atoms with Gasteiger partial charge in [0.1, 0.15) is 5.75 Å². The van der Waals surface area contributed by atoms with Crippen molar-refractivity contribution in [2.45, 2.75) is 44.6 Å². The summed E-state index contributed by atoms with van der Waals surface area (Å²) in [4.78, 5) is 0. The molecule has 2 rings (SSSR count). The Balaban J connectivity index is 1.80. The lowest BCUT2D eigenvalue weighted by atomic mass is 10.0. The number of hydrogen-bond donors (Lipinski definition) is 2. The molecule has 19 heavy (non-hydrogen) atoms. The first-order chi connectivity index (χ1) is 9.40. The molecular formula is C16H24N2O. The Hall–Kier alpha value is -1.32. The molecule has 1 unspecified atom stereocenters. The van der Waals surface area contributed by atoms with E-state index in [4.69, 9.17) is 10.6 Å². The van der Waals surface area contributed by atoms with Crippen LogP contribution in [0, 0.1) is 0 Å². The summed E-state index contributed by atoms with van der Waals surface area (Å²) in [6.45, 7) is 0.691. The second-order valence-electron chi connectivity index (χ2n) is 5.05. The fourth-order valence-corrected chi connectivity index (χ4v) is 2.54. The molecule has 1 aliphatic carbocycles. The standard InChI is InChI=1S/C16H24N2O/c17-18-16(14-8-4-1-2-5-9-14)12-13-19-15-10-6-3-7-11-15/h3,6-8,10-11,16,18H,1-2,4-5,9,12-13,17H2. The number of nitrogens with two attached hydrogens (primary N) is 1. The van der Waals surface area contributed by atoms with E-state index in [9.17, 15) is 0 Å². The zero-order chi connectivity index (χ0) is 13.3. The lowest BCUT2D eigenvalue weighted by Gasteiger charge is -2.19. The van der Waals surface area contributed by atoms with Crippen LogP contribution < -0.4 is 16.0 Å². The first-order valence-electron chi connectivity index (χ1n) is 7.23. The third kappa shape index (κ3) is 4.69. The van der Waals surface area contributed by atoms with Gasteiger partial charge in [-0.3, -0.25) is 11.3 Å². The molecule has 0 amide bonds. The maximum atomic E-state index is 5.74. The third-order valence-corrected chi connectivity index (χ3v) is 3.64. The molecule has 0 saturated heterocycles. The van der Waals surface area contributed by atoms with E-state index in [1.165, 1.54) is 37.7 Å². The molecule has 104 valence electrons. The van der Waals surface area contributed by atoms with Gasteiger partial charge in [0, 0.05) is 12.5 Å². The minimum atomic E-state index is 0.252. The van der Waals surface area contributed by atoms with Gasteiger partial charge < -0.3 is 4.74 Å². The number of rotatable bonds is 6. The van der Waals surface area contributed by atoms with Gasteiger partial charge in [0.15, 0.2) is 0 Å². The Morgan fingerprint density at radius 1 is 1.16 bits per heavy atom. The SMILES string of the molecule is NNC(CCOc1ccccc1)C1=CCCCCC1. The van der Waals surface area contributed by atoms with Crippen LogP contribution in [0.3, 0.4) is 0 Å². The van der Waals surface area contributed by atoms with Crippen LogP contribution in [0.15, 0.2) is 42.0 Å². The number of nitrogens with one attached hydrogen (secondary N) is 1. The topological polar surface area (TPSA) is 47.3 Å². The number of ether oxygens (including phenoxy) is 1. The number of benzene rings is 1. The number of allylic oxidation sites excluding steroid dienone is 1. The van der Waals surface area contributed by atoms with E-state index in [0.29, 0.717) is 6.61 Å². The van der Waals surface area contributed by atoms with Gasteiger partial charge in [-0.2, -0.15) is 0 Å². The zero-order valence-corrected chi connectivity index (χ0v) is 11.5. The van der Waals surface area contributed by atoms with Crippen LogP contribution in [0.25, 0.3) is 0 Å². The highest BCUT2D eigenvalue weighted by atomic mass is 16.5. The predicted molar refractivity (Wildman–Crippen MR) is 78.8 cm³/mol. The van der Waals surface area contributed by atoms with Crippen LogP contribution >= 0.6 is 0 Å². The highest BCUT2D eigenvalue weighted by molar-refractivity contribution is 5.21. The molecule has 3 N–H and O–H groups in total. The summed E-state index contributed by atoms with van der Waals surface area (Å²) in [5.74, 6) is 6.61. The van der Waals surface area contributed by atoms with E-state index in [0.717, 1.165) is 12.2 Å². The van der Waals surface area contributed by atoms with Crippen molar-refractivity contribution >= 4 is 0 Å². The molecule has 1 atom stereocenters. The quantitative estimate of drug-likeness (QED) is 0.469. The summed E-state index contributed by atoms with van der Waals surface area (Å²) >= 11 is 0. The first kappa shape index (κ1) is 14.1. The van der Waals surface area contributed by atoms with Crippen molar-refractivity contribution in [2.24, 2.45) is 5.84 Å². The molecule has 3 heteroatoms. The van der Waals surface area contributed by atoms with Gasteiger partial charge in [0.2, 0.25) is 0 Å². The molecule has 0 aliphatic heterocycles. The van der Waals surface area contributed by atoms with Crippen LogP contribution in [0.1, 0.15) is 38.5 Å². The molecule has 1 aliphatic rings. The number of para-hydroxylation sites is 1. The van der Waals surface area contributed by atoms with E-state index < -0.39 is 0 Å². The Morgan fingerprint density at radius 2 is 2.00 bits per heavy atom. The van der Waals surface area contributed by atoms with Crippen molar-refractivity contribution in [3.63, 3.8) is 0 Å². The van der Waals surface area contributed by atoms with E-state index in [-0.39, 0.29) is 6.04 Å². The average Bonchev–Trinajstić information content (AvgIpc) is 2.74. The third-order valence-electron chi connectivity index (χ3n) is 3.64. The fourth-order valence-electron chi connectivity index (χ4n) is 2.54. The van der Waals surface area contributed by atoms with Gasteiger partial charge in [-0.25, -0.2) is 0 Å². The minimum absolute atomic E-state index is 0.252. The van der Waals surface area contributed by atoms with Crippen LogP contribution in [0.4, 0.5) is 0 Å². The molecule has 0 heterocycles. The number of hydrogen-bond acceptors (Lipinski definition) is 3. The zero-order valence-electron chi connectivity index (χ0n) is 11.5. The molecule has 0 bridgehead atoms. The van der Waals surface area contributed by atoms with Gasteiger partial charge in [-0.05, 0) is 37.8 Å². The summed E-state index contributed by atoms with van der Waals surface area (Å²) in [5, 5.41) is 0. The van der Waals surface area contributed by atoms with Crippen LogP contribution in [0.5, 0.6) is 5.75 Å². The molecule has 0 aromatic heterocycles. The monoisotopic (exact) mass is 260 g/mol. The summed E-state index contributed by atoms with van der Waals surface area (Å²) in [6, 6.07) is 10.2. The molecule has 0 fully saturated rings. The van der Waals surface area contributed by atoms with Gasteiger partial charge in [0.25, 0.3) is 0 Å². The maximum absolute atomic E-state index is 5.74. The molecule has 3 nitrogen and oxygen atoms in total. The van der Waals surface area contributed by atoms with E-state index in [1.54, 1.807) is 0 Å². The molecule has 1 aromatic carbocycles. The largest absolute Gasteiger partial charge is 0.494 e. The Morgan fingerprint density at radius 3 is 2.79 bits per heavy atom. The number of hydrazine groups is 1. The molecule has 1 aromatic rings. The second-order valence-corrected chi connectivity index (χ2v) is 5.05. The highest BCUT2D eigenvalue weighted by Gasteiger charge is 2.14. The van der Waals surface area contributed by atoms with Crippen LogP contribution in [0.2, 0.25) is 0 Å². The van der Waals surface area contributed by atoms with Crippen molar-refractivity contribution in [3.05, 3.63) is 42.0 Å². The summed E-state index contributed by atoms with van der Waals surface area (Å²) in [7, 11) is 0. The normalized spacial score (nSPS) is 17.4. The Kier molecular flexibility index (Phi) is 5.92. The van der Waals surface area contributed by atoms with Crippen molar-refractivity contribution in [1.82, 2.24) is 5.43 Å². The van der Waals surface area contributed by atoms with Crippen LogP contribution in [-0.4, -0.2) is 12.6 Å². The Bertz CT molecular complexity index is 389. The van der Waals surface area contributed by atoms with Crippen molar-refractivity contribution < 1.29 is 4.74 Å². The van der Waals surface area contributed by atoms with E-state index in [2.05, 4.69) is 11.5 Å². The Labute approximate surface area is 115 Å². The van der Waals surface area contributed by atoms with Crippen molar-refractivity contribution in [3.8, 4) is 5.75 Å². The van der Waals surface area contributed by atoms with Gasteiger partial charge in [-0.1, -0.05) is 36.3 Å². The average molecular weight is 260 g/mol. The lowest BCUT2D eigenvalue weighted by Crippen LogP contribution is -2.37. The summed E-state index contributed by atoms with van der Waals surface area (Å²) < 4.78 is 5.74. The first-order valence-corrected chi connectivity index (χ1v) is 7.23. The minimum Gasteiger partial charge on any atom is -0.494 e. The van der Waals surface area contributed by atoms with Gasteiger partial charge >= 0.3 is 0 Å². The molecule has 0 radical (unpaired) electrons. The van der Waals surface area contributed by atoms with E-state index >= 15 is 0 Å². The molecule has 0 saturated carbocycles. The van der Waals surface area contributed by atoms with Gasteiger partial charge in [-0.15, -0.1) is 0 Å². The highest BCUT2D eigenvalue weighted by Crippen LogP contribution is 2.21. The smallest absolute Gasteiger partial charge is 0.119 e. The van der Waals surface area contributed by atoms with Crippen molar-refractivity contribution in [1.29, 1.82) is 0 Å².